The number of hydrogen-bond acceptors (Lipinski definition) is 2. The van der Waals surface area contributed by atoms with E-state index in [9.17, 15) is 0 Å². The number of aryl methyl sites for hydroxylation is 1. The standard InChI is InChI=1S/C18H16ClN3S2/c1-13-6-8-15(9-7-13)20-17(23)21-18-22(10-11-24-18)12-14-4-2-3-5-16(14)19/h2-11H,12H2,1H3,(H,20,23). The summed E-state index contributed by atoms with van der Waals surface area (Å²) in [7, 11) is 0. The zero-order chi connectivity index (χ0) is 16.9. The number of benzene rings is 2. The predicted octanol–water partition coefficient (Wildman–Crippen LogP) is 4.86. The van der Waals surface area contributed by atoms with E-state index in [4.69, 9.17) is 23.8 Å². The zero-order valence-corrected chi connectivity index (χ0v) is 15.5. The Balaban J connectivity index is 1.78. The Labute approximate surface area is 155 Å². The lowest BCUT2D eigenvalue weighted by atomic mass is 10.2. The van der Waals surface area contributed by atoms with Crippen LogP contribution in [0.1, 0.15) is 11.1 Å². The van der Waals surface area contributed by atoms with E-state index in [1.165, 1.54) is 5.56 Å². The number of hydrogen-bond donors (Lipinski definition) is 1. The van der Waals surface area contributed by atoms with Gasteiger partial charge >= 0.3 is 0 Å². The van der Waals surface area contributed by atoms with Crippen LogP contribution < -0.4 is 10.1 Å². The van der Waals surface area contributed by atoms with Crippen LogP contribution in [0, 0.1) is 6.92 Å². The van der Waals surface area contributed by atoms with Gasteiger partial charge in [0.25, 0.3) is 0 Å². The number of nitrogens with zero attached hydrogens (tertiary/aromatic N) is 2. The maximum absolute atomic E-state index is 6.24. The Morgan fingerprint density at radius 2 is 1.96 bits per heavy atom. The summed E-state index contributed by atoms with van der Waals surface area (Å²) in [5.74, 6) is 0. The summed E-state index contributed by atoms with van der Waals surface area (Å²) in [6.45, 7) is 2.71. The first-order valence-electron chi connectivity index (χ1n) is 7.41. The van der Waals surface area contributed by atoms with E-state index in [2.05, 4.69) is 17.2 Å². The molecule has 0 bridgehead atoms. The van der Waals surface area contributed by atoms with Gasteiger partial charge in [0.2, 0.25) is 0 Å². The number of thiocarbonyl (C=S) groups is 1. The quantitative estimate of drug-likeness (QED) is 0.664. The van der Waals surface area contributed by atoms with Crippen LogP contribution in [0.3, 0.4) is 0 Å². The summed E-state index contributed by atoms with van der Waals surface area (Å²) in [6, 6.07) is 15.9. The van der Waals surface area contributed by atoms with Crippen LogP contribution in [0.4, 0.5) is 5.69 Å². The summed E-state index contributed by atoms with van der Waals surface area (Å²) < 4.78 is 2.04. The molecule has 0 saturated carbocycles. The van der Waals surface area contributed by atoms with Gasteiger partial charge in [-0.05, 0) is 42.9 Å². The summed E-state index contributed by atoms with van der Waals surface area (Å²) in [6.07, 6.45) is 1.99. The molecule has 0 aliphatic heterocycles. The Hall–Kier alpha value is -1.95. The molecule has 0 fully saturated rings. The molecule has 0 atom stereocenters. The monoisotopic (exact) mass is 373 g/mol. The summed E-state index contributed by atoms with van der Waals surface area (Å²) >= 11 is 13.1. The maximum atomic E-state index is 6.24. The molecule has 1 aromatic heterocycles. The molecule has 0 saturated heterocycles. The van der Waals surface area contributed by atoms with Crippen LogP contribution in [-0.2, 0) is 6.54 Å². The molecule has 3 nitrogen and oxygen atoms in total. The minimum atomic E-state index is 0.439. The van der Waals surface area contributed by atoms with Crippen molar-refractivity contribution in [2.75, 3.05) is 5.32 Å². The molecular weight excluding hydrogens is 358 g/mol. The van der Waals surface area contributed by atoms with Crippen LogP contribution in [0.5, 0.6) is 0 Å². The van der Waals surface area contributed by atoms with Gasteiger partial charge in [-0.15, -0.1) is 11.3 Å². The van der Waals surface area contributed by atoms with E-state index in [-0.39, 0.29) is 0 Å². The molecule has 0 unspecified atom stereocenters. The first-order chi connectivity index (χ1) is 11.6. The Kier molecular flexibility index (Phi) is 5.45. The van der Waals surface area contributed by atoms with Crippen LogP contribution in [0.15, 0.2) is 65.1 Å². The minimum Gasteiger partial charge on any atom is -0.331 e. The van der Waals surface area contributed by atoms with E-state index in [0.717, 1.165) is 21.1 Å². The molecule has 24 heavy (non-hydrogen) atoms. The van der Waals surface area contributed by atoms with Crippen LogP contribution in [-0.4, -0.2) is 9.68 Å². The molecule has 1 N–H and O–H groups in total. The van der Waals surface area contributed by atoms with E-state index >= 15 is 0 Å². The number of halogens is 1. The smallest absolute Gasteiger partial charge is 0.199 e. The third-order valence-electron chi connectivity index (χ3n) is 3.46. The molecule has 0 aliphatic rings. The largest absolute Gasteiger partial charge is 0.331 e. The van der Waals surface area contributed by atoms with Crippen molar-refractivity contribution < 1.29 is 0 Å². The van der Waals surface area contributed by atoms with E-state index in [0.29, 0.717) is 11.7 Å². The first-order valence-corrected chi connectivity index (χ1v) is 9.08. The molecule has 1 heterocycles. The maximum Gasteiger partial charge on any atom is 0.199 e. The number of nitrogens with one attached hydrogen (secondary N) is 1. The number of rotatable bonds is 3. The van der Waals surface area contributed by atoms with Gasteiger partial charge in [0, 0.05) is 22.3 Å². The highest BCUT2D eigenvalue weighted by Crippen LogP contribution is 2.15. The minimum absolute atomic E-state index is 0.439. The second-order valence-electron chi connectivity index (χ2n) is 5.31. The average Bonchev–Trinajstić information content (AvgIpc) is 2.99. The summed E-state index contributed by atoms with van der Waals surface area (Å²) in [5, 5.41) is 6.32. The van der Waals surface area contributed by atoms with Gasteiger partial charge < -0.3 is 9.88 Å². The van der Waals surface area contributed by atoms with Crippen molar-refractivity contribution in [3.8, 4) is 0 Å². The number of anilines is 1. The van der Waals surface area contributed by atoms with Gasteiger partial charge in [0.15, 0.2) is 9.91 Å². The third-order valence-corrected chi connectivity index (χ3v) is 4.81. The van der Waals surface area contributed by atoms with Gasteiger partial charge in [0.05, 0.1) is 6.54 Å². The highest BCUT2D eigenvalue weighted by Gasteiger charge is 2.03. The zero-order valence-electron chi connectivity index (χ0n) is 13.1. The highest BCUT2D eigenvalue weighted by molar-refractivity contribution is 7.80. The molecule has 0 spiro atoms. The van der Waals surface area contributed by atoms with Crippen molar-refractivity contribution >= 4 is 46.0 Å². The number of thiazole rings is 1. The molecule has 3 aromatic rings. The number of aromatic nitrogens is 1. The fourth-order valence-corrected chi connectivity index (χ4v) is 3.38. The summed E-state index contributed by atoms with van der Waals surface area (Å²) in [5.41, 5.74) is 3.19. The van der Waals surface area contributed by atoms with Crippen molar-refractivity contribution in [3.63, 3.8) is 0 Å². The van der Waals surface area contributed by atoms with Crippen LogP contribution >= 0.6 is 35.2 Å². The van der Waals surface area contributed by atoms with Crippen molar-refractivity contribution in [1.29, 1.82) is 0 Å². The lowest BCUT2D eigenvalue weighted by Crippen LogP contribution is -2.19. The summed E-state index contributed by atoms with van der Waals surface area (Å²) in [4.78, 5) is 5.35. The van der Waals surface area contributed by atoms with Gasteiger partial charge in [-0.1, -0.05) is 47.5 Å². The van der Waals surface area contributed by atoms with Crippen molar-refractivity contribution in [3.05, 3.63) is 81.1 Å². The van der Waals surface area contributed by atoms with Crippen molar-refractivity contribution in [2.45, 2.75) is 13.5 Å². The molecule has 0 radical (unpaired) electrons. The first kappa shape index (κ1) is 16.9. The average molecular weight is 374 g/mol. The van der Waals surface area contributed by atoms with Gasteiger partial charge in [-0.25, -0.2) is 0 Å². The van der Waals surface area contributed by atoms with Crippen molar-refractivity contribution in [2.24, 2.45) is 4.99 Å². The van der Waals surface area contributed by atoms with Gasteiger partial charge in [-0.2, -0.15) is 4.99 Å². The SMILES string of the molecule is Cc1ccc(NC(=S)N=c2sccn2Cc2ccccc2Cl)cc1. The second-order valence-corrected chi connectivity index (χ2v) is 6.98. The Bertz CT molecular complexity index is 910. The molecular formula is C18H16ClN3S2. The van der Waals surface area contributed by atoms with Crippen molar-refractivity contribution in [1.82, 2.24) is 4.57 Å². The third kappa shape index (κ3) is 4.32. The van der Waals surface area contributed by atoms with Gasteiger partial charge in [0.1, 0.15) is 0 Å². The molecule has 2 aromatic carbocycles. The molecule has 0 aliphatic carbocycles. The Morgan fingerprint density at radius 3 is 2.71 bits per heavy atom. The topological polar surface area (TPSA) is 29.3 Å². The molecule has 6 heteroatoms. The highest BCUT2D eigenvalue weighted by atomic mass is 35.5. The van der Waals surface area contributed by atoms with E-state index in [1.54, 1.807) is 11.3 Å². The molecule has 122 valence electrons. The molecule has 3 rings (SSSR count). The predicted molar refractivity (Wildman–Crippen MR) is 106 cm³/mol. The second kappa shape index (κ2) is 7.75. The van der Waals surface area contributed by atoms with E-state index < -0.39 is 0 Å². The van der Waals surface area contributed by atoms with Crippen LogP contribution in [0.2, 0.25) is 5.02 Å². The lowest BCUT2D eigenvalue weighted by Gasteiger charge is -2.06. The fraction of sp³-hybridized carbons (Fsp3) is 0.111. The van der Waals surface area contributed by atoms with E-state index in [1.807, 2.05) is 64.7 Å². The van der Waals surface area contributed by atoms with Gasteiger partial charge in [-0.3, -0.25) is 0 Å². The normalized spacial score (nSPS) is 11.5. The van der Waals surface area contributed by atoms with Crippen LogP contribution in [0.25, 0.3) is 0 Å². The molecule has 0 amide bonds. The fourth-order valence-electron chi connectivity index (χ4n) is 2.19. The Morgan fingerprint density at radius 1 is 1.21 bits per heavy atom. The lowest BCUT2D eigenvalue weighted by molar-refractivity contribution is 0.772.